The number of methoxy groups -OCH3 is 1. The molecular formula is C9H12N2O2S. The fraction of sp³-hybridized carbons (Fsp3) is 0.556. The Hall–Kier alpha value is -1.10. The molecule has 1 aromatic heterocycles. The molecule has 1 fully saturated rings. The largest absolute Gasteiger partial charge is 0.473 e. The summed E-state index contributed by atoms with van der Waals surface area (Å²) in [4.78, 5) is 16.4. The molecule has 1 aliphatic heterocycles. The monoisotopic (exact) mass is 212 g/mol. The van der Waals surface area contributed by atoms with Crippen molar-refractivity contribution in [2.24, 2.45) is 0 Å². The van der Waals surface area contributed by atoms with Gasteiger partial charge in [0.2, 0.25) is 5.91 Å². The number of ether oxygens (including phenoxy) is 1. The molecular weight excluding hydrogens is 200 g/mol. The van der Waals surface area contributed by atoms with Crippen LogP contribution in [0.25, 0.3) is 0 Å². The van der Waals surface area contributed by atoms with Crippen LogP contribution in [-0.2, 0) is 4.79 Å². The van der Waals surface area contributed by atoms with E-state index in [2.05, 4.69) is 10.3 Å². The van der Waals surface area contributed by atoms with Crippen molar-refractivity contribution in [1.82, 2.24) is 10.3 Å². The Balaban J connectivity index is 2.18. The second-order valence-corrected chi connectivity index (χ2v) is 4.42. The molecule has 5 heteroatoms. The Labute approximate surface area is 86.3 Å². The first kappa shape index (κ1) is 9.45. The van der Waals surface area contributed by atoms with Gasteiger partial charge in [-0.1, -0.05) is 11.3 Å². The van der Waals surface area contributed by atoms with Gasteiger partial charge in [0.15, 0.2) is 0 Å². The van der Waals surface area contributed by atoms with E-state index in [1.54, 1.807) is 13.3 Å². The van der Waals surface area contributed by atoms with Crippen LogP contribution < -0.4 is 10.1 Å². The van der Waals surface area contributed by atoms with E-state index in [1.807, 2.05) is 6.92 Å². The zero-order valence-corrected chi connectivity index (χ0v) is 8.93. The topological polar surface area (TPSA) is 51.2 Å². The average Bonchev–Trinajstić information content (AvgIpc) is 2.71. The van der Waals surface area contributed by atoms with Crippen molar-refractivity contribution in [1.29, 1.82) is 0 Å². The molecule has 0 aromatic carbocycles. The minimum Gasteiger partial charge on any atom is -0.473 e. The van der Waals surface area contributed by atoms with Crippen LogP contribution in [0.4, 0.5) is 0 Å². The maximum atomic E-state index is 11.2. The van der Waals surface area contributed by atoms with Crippen molar-refractivity contribution in [2.45, 2.75) is 25.3 Å². The number of carbonyl (C=O) groups is 1. The number of nitrogens with one attached hydrogen (secondary N) is 1. The van der Waals surface area contributed by atoms with E-state index in [-0.39, 0.29) is 17.9 Å². The van der Waals surface area contributed by atoms with Crippen LogP contribution in [0, 0.1) is 0 Å². The Morgan fingerprint density at radius 2 is 2.50 bits per heavy atom. The zero-order valence-electron chi connectivity index (χ0n) is 8.11. The first-order valence-electron chi connectivity index (χ1n) is 4.50. The van der Waals surface area contributed by atoms with Gasteiger partial charge in [-0.3, -0.25) is 4.79 Å². The van der Waals surface area contributed by atoms with Crippen LogP contribution in [0.3, 0.4) is 0 Å². The Bertz CT molecular complexity index is 350. The standard InChI is InChI=1S/C9H12N2O2S/c1-5-6(3-8(12)11-5)7-4-10-9(13-2)14-7/h4-6H,3H2,1-2H3,(H,11,12). The summed E-state index contributed by atoms with van der Waals surface area (Å²) in [6, 6.07) is 0.202. The number of carbonyl (C=O) groups excluding carboxylic acids is 1. The van der Waals surface area contributed by atoms with Crippen LogP contribution in [0.2, 0.25) is 0 Å². The van der Waals surface area contributed by atoms with E-state index in [0.717, 1.165) is 4.88 Å². The SMILES string of the molecule is COc1ncc(C2CC(=O)NC2C)s1. The molecule has 0 bridgehead atoms. The van der Waals surface area contributed by atoms with Crippen LogP contribution in [-0.4, -0.2) is 24.0 Å². The predicted octanol–water partition coefficient (Wildman–Crippen LogP) is 1.14. The molecule has 1 saturated heterocycles. The van der Waals surface area contributed by atoms with Gasteiger partial charge >= 0.3 is 0 Å². The van der Waals surface area contributed by atoms with Gasteiger partial charge in [0.1, 0.15) is 0 Å². The molecule has 1 aliphatic rings. The molecule has 2 rings (SSSR count). The number of hydrogen-bond acceptors (Lipinski definition) is 4. The number of amides is 1. The highest BCUT2D eigenvalue weighted by molar-refractivity contribution is 7.13. The van der Waals surface area contributed by atoms with Crippen molar-refractivity contribution in [3.8, 4) is 5.19 Å². The molecule has 0 radical (unpaired) electrons. The summed E-state index contributed by atoms with van der Waals surface area (Å²) in [5.74, 6) is 0.374. The molecule has 4 nitrogen and oxygen atoms in total. The summed E-state index contributed by atoms with van der Waals surface area (Å²) >= 11 is 1.51. The lowest BCUT2D eigenvalue weighted by atomic mass is 10.0. The molecule has 1 N–H and O–H groups in total. The van der Waals surface area contributed by atoms with E-state index in [4.69, 9.17) is 4.74 Å². The van der Waals surface area contributed by atoms with Gasteiger partial charge in [0.25, 0.3) is 5.19 Å². The van der Waals surface area contributed by atoms with Gasteiger partial charge in [-0.15, -0.1) is 0 Å². The lowest BCUT2D eigenvalue weighted by Gasteiger charge is -2.10. The lowest BCUT2D eigenvalue weighted by Crippen LogP contribution is -2.24. The second-order valence-electron chi connectivity index (χ2n) is 3.40. The highest BCUT2D eigenvalue weighted by atomic mass is 32.1. The third-order valence-electron chi connectivity index (χ3n) is 2.44. The third kappa shape index (κ3) is 1.59. The smallest absolute Gasteiger partial charge is 0.273 e. The number of nitrogens with zero attached hydrogens (tertiary/aromatic N) is 1. The summed E-state index contributed by atoms with van der Waals surface area (Å²) in [6.07, 6.45) is 2.36. The highest BCUT2D eigenvalue weighted by Gasteiger charge is 2.31. The van der Waals surface area contributed by atoms with Gasteiger partial charge in [-0.2, -0.15) is 0 Å². The van der Waals surface area contributed by atoms with Crippen molar-refractivity contribution >= 4 is 17.2 Å². The lowest BCUT2D eigenvalue weighted by molar-refractivity contribution is -0.119. The number of hydrogen-bond donors (Lipinski definition) is 1. The van der Waals surface area contributed by atoms with Gasteiger partial charge in [0.05, 0.1) is 7.11 Å². The molecule has 2 heterocycles. The Kier molecular flexibility index (Phi) is 2.41. The minimum absolute atomic E-state index is 0.120. The van der Waals surface area contributed by atoms with Gasteiger partial charge < -0.3 is 10.1 Å². The zero-order chi connectivity index (χ0) is 10.1. The number of rotatable bonds is 2. The molecule has 0 aliphatic carbocycles. The number of aromatic nitrogens is 1. The van der Waals surface area contributed by atoms with Gasteiger partial charge in [0, 0.05) is 29.5 Å². The average molecular weight is 212 g/mol. The van der Waals surface area contributed by atoms with Crippen LogP contribution in [0.15, 0.2) is 6.20 Å². The maximum absolute atomic E-state index is 11.2. The van der Waals surface area contributed by atoms with Crippen molar-refractivity contribution in [3.63, 3.8) is 0 Å². The van der Waals surface area contributed by atoms with Crippen molar-refractivity contribution < 1.29 is 9.53 Å². The third-order valence-corrected chi connectivity index (χ3v) is 3.53. The van der Waals surface area contributed by atoms with Crippen molar-refractivity contribution in [2.75, 3.05) is 7.11 Å². The van der Waals surface area contributed by atoms with E-state index >= 15 is 0 Å². The Morgan fingerprint density at radius 1 is 1.71 bits per heavy atom. The highest BCUT2D eigenvalue weighted by Crippen LogP contribution is 2.34. The van der Waals surface area contributed by atoms with Crippen molar-refractivity contribution in [3.05, 3.63) is 11.1 Å². The van der Waals surface area contributed by atoms with E-state index < -0.39 is 0 Å². The molecule has 1 aromatic rings. The predicted molar refractivity (Wildman–Crippen MR) is 53.6 cm³/mol. The molecule has 2 unspecified atom stereocenters. The molecule has 1 amide bonds. The summed E-state index contributed by atoms with van der Waals surface area (Å²) in [5.41, 5.74) is 0. The molecule has 14 heavy (non-hydrogen) atoms. The summed E-state index contributed by atoms with van der Waals surface area (Å²) in [7, 11) is 1.60. The molecule has 0 spiro atoms. The number of thiazole rings is 1. The molecule has 0 saturated carbocycles. The molecule has 2 atom stereocenters. The summed E-state index contributed by atoms with van der Waals surface area (Å²) in [5, 5.41) is 3.55. The maximum Gasteiger partial charge on any atom is 0.273 e. The Morgan fingerprint density at radius 3 is 3.00 bits per heavy atom. The quantitative estimate of drug-likeness (QED) is 0.800. The minimum atomic E-state index is 0.120. The van der Waals surface area contributed by atoms with E-state index in [1.165, 1.54) is 11.3 Å². The normalized spacial score (nSPS) is 26.3. The summed E-state index contributed by atoms with van der Waals surface area (Å²) < 4.78 is 5.02. The molecule has 76 valence electrons. The van der Waals surface area contributed by atoms with Crippen LogP contribution in [0.5, 0.6) is 5.19 Å². The first-order valence-corrected chi connectivity index (χ1v) is 5.31. The fourth-order valence-corrected chi connectivity index (χ4v) is 2.61. The second kappa shape index (κ2) is 3.57. The van der Waals surface area contributed by atoms with E-state index in [0.29, 0.717) is 11.6 Å². The summed E-state index contributed by atoms with van der Waals surface area (Å²) in [6.45, 7) is 2.02. The van der Waals surface area contributed by atoms with Crippen LogP contribution in [0.1, 0.15) is 24.1 Å². The van der Waals surface area contributed by atoms with E-state index in [9.17, 15) is 4.79 Å². The van der Waals surface area contributed by atoms with Crippen LogP contribution >= 0.6 is 11.3 Å². The first-order chi connectivity index (χ1) is 6.70. The fourth-order valence-electron chi connectivity index (χ4n) is 1.67. The van der Waals surface area contributed by atoms with Gasteiger partial charge in [-0.05, 0) is 6.92 Å². The van der Waals surface area contributed by atoms with Gasteiger partial charge in [-0.25, -0.2) is 4.98 Å².